The third kappa shape index (κ3) is 3.57. The van der Waals surface area contributed by atoms with E-state index in [1.165, 1.54) is 38.5 Å². The molecule has 106 valence electrons. The van der Waals surface area contributed by atoms with E-state index < -0.39 is 0 Å². The van der Waals surface area contributed by atoms with E-state index in [4.69, 9.17) is 4.74 Å². The molecule has 1 aromatic rings. The largest absolute Gasteiger partial charge is 0.375 e. The molecular formula is C15H25N3O. The van der Waals surface area contributed by atoms with Crippen molar-refractivity contribution in [2.24, 2.45) is 5.92 Å². The standard InChI is InChI=1S/C15H25N3O/c1-2-4-15(5-3-1)18-9-7-14(17-18)12-19-11-13-6-8-16-10-13/h7,9,13,15-16H,1-6,8,10-12H2. The van der Waals surface area contributed by atoms with Crippen LogP contribution in [-0.2, 0) is 11.3 Å². The van der Waals surface area contributed by atoms with Gasteiger partial charge in [-0.05, 0) is 37.8 Å². The first kappa shape index (κ1) is 13.1. The highest BCUT2D eigenvalue weighted by Gasteiger charge is 2.17. The lowest BCUT2D eigenvalue weighted by Crippen LogP contribution is -2.15. The molecule has 1 aromatic heterocycles. The zero-order chi connectivity index (χ0) is 12.9. The quantitative estimate of drug-likeness (QED) is 0.887. The number of hydrogen-bond donors (Lipinski definition) is 1. The second-order valence-electron chi connectivity index (χ2n) is 5.95. The summed E-state index contributed by atoms with van der Waals surface area (Å²) < 4.78 is 7.95. The zero-order valence-electron chi connectivity index (χ0n) is 11.7. The molecule has 1 atom stereocenters. The number of rotatable bonds is 5. The Morgan fingerprint density at radius 3 is 2.95 bits per heavy atom. The highest BCUT2D eigenvalue weighted by Crippen LogP contribution is 2.27. The van der Waals surface area contributed by atoms with Gasteiger partial charge in [0.1, 0.15) is 0 Å². The lowest BCUT2D eigenvalue weighted by atomic mass is 9.96. The van der Waals surface area contributed by atoms with Gasteiger partial charge in [-0.25, -0.2) is 0 Å². The second-order valence-corrected chi connectivity index (χ2v) is 5.95. The van der Waals surface area contributed by atoms with Gasteiger partial charge in [0.05, 0.1) is 24.9 Å². The van der Waals surface area contributed by atoms with Crippen LogP contribution < -0.4 is 5.32 Å². The maximum Gasteiger partial charge on any atom is 0.0906 e. The molecule has 0 aromatic carbocycles. The average Bonchev–Trinajstić information content (AvgIpc) is 3.11. The lowest BCUT2D eigenvalue weighted by molar-refractivity contribution is 0.0896. The van der Waals surface area contributed by atoms with E-state index >= 15 is 0 Å². The predicted octanol–water partition coefficient (Wildman–Crippen LogP) is 2.51. The van der Waals surface area contributed by atoms with Gasteiger partial charge in [0.15, 0.2) is 0 Å². The summed E-state index contributed by atoms with van der Waals surface area (Å²) in [6, 6.07) is 2.74. The molecule has 1 saturated heterocycles. The van der Waals surface area contributed by atoms with E-state index in [2.05, 4.69) is 27.4 Å². The van der Waals surface area contributed by atoms with E-state index in [-0.39, 0.29) is 0 Å². The molecule has 2 heterocycles. The summed E-state index contributed by atoms with van der Waals surface area (Å²) in [4.78, 5) is 0. The minimum Gasteiger partial charge on any atom is -0.375 e. The van der Waals surface area contributed by atoms with Crippen molar-refractivity contribution in [3.63, 3.8) is 0 Å². The minimum absolute atomic E-state index is 0.626. The van der Waals surface area contributed by atoms with Gasteiger partial charge in [0.2, 0.25) is 0 Å². The molecule has 0 radical (unpaired) electrons. The monoisotopic (exact) mass is 263 g/mol. The number of hydrogen-bond acceptors (Lipinski definition) is 3. The first-order valence-electron chi connectivity index (χ1n) is 7.74. The molecular weight excluding hydrogens is 238 g/mol. The van der Waals surface area contributed by atoms with Crippen LogP contribution in [0.15, 0.2) is 12.3 Å². The molecule has 3 rings (SSSR count). The summed E-state index contributed by atoms with van der Waals surface area (Å²) >= 11 is 0. The van der Waals surface area contributed by atoms with Gasteiger partial charge in [0.25, 0.3) is 0 Å². The third-order valence-electron chi connectivity index (χ3n) is 4.38. The Hall–Kier alpha value is -0.870. The van der Waals surface area contributed by atoms with Crippen LogP contribution in [0.4, 0.5) is 0 Å². The number of nitrogens with one attached hydrogen (secondary N) is 1. The zero-order valence-corrected chi connectivity index (χ0v) is 11.7. The van der Waals surface area contributed by atoms with E-state index in [0.717, 1.165) is 25.4 Å². The average molecular weight is 263 g/mol. The Labute approximate surface area is 115 Å². The Morgan fingerprint density at radius 1 is 1.26 bits per heavy atom. The van der Waals surface area contributed by atoms with Gasteiger partial charge in [-0.1, -0.05) is 19.3 Å². The fraction of sp³-hybridized carbons (Fsp3) is 0.800. The molecule has 1 aliphatic carbocycles. The van der Waals surface area contributed by atoms with Crippen LogP contribution >= 0.6 is 0 Å². The molecule has 4 nitrogen and oxygen atoms in total. The lowest BCUT2D eigenvalue weighted by Gasteiger charge is -2.21. The van der Waals surface area contributed by atoms with Crippen molar-refractivity contribution >= 4 is 0 Å². The van der Waals surface area contributed by atoms with E-state index in [1.807, 2.05) is 0 Å². The first-order chi connectivity index (χ1) is 9.42. The van der Waals surface area contributed by atoms with Gasteiger partial charge in [-0.2, -0.15) is 5.10 Å². The molecule has 19 heavy (non-hydrogen) atoms. The van der Waals surface area contributed by atoms with E-state index in [0.29, 0.717) is 18.6 Å². The maximum absolute atomic E-state index is 5.79. The van der Waals surface area contributed by atoms with Crippen LogP contribution in [-0.4, -0.2) is 29.5 Å². The van der Waals surface area contributed by atoms with Crippen LogP contribution in [0.2, 0.25) is 0 Å². The third-order valence-corrected chi connectivity index (χ3v) is 4.38. The molecule has 1 N–H and O–H groups in total. The van der Waals surface area contributed by atoms with E-state index in [9.17, 15) is 0 Å². The second kappa shape index (κ2) is 6.53. The molecule has 0 bridgehead atoms. The molecule has 4 heteroatoms. The summed E-state index contributed by atoms with van der Waals surface area (Å²) in [6.45, 7) is 3.78. The molecule has 1 saturated carbocycles. The highest BCUT2D eigenvalue weighted by molar-refractivity contribution is 4.98. The topological polar surface area (TPSA) is 39.1 Å². The van der Waals surface area contributed by atoms with Crippen LogP contribution in [0, 0.1) is 5.92 Å². The molecule has 2 aliphatic rings. The fourth-order valence-corrected chi connectivity index (χ4v) is 3.19. The summed E-state index contributed by atoms with van der Waals surface area (Å²) in [6.07, 6.45) is 10.0. The Kier molecular flexibility index (Phi) is 4.51. The summed E-state index contributed by atoms with van der Waals surface area (Å²) in [5.74, 6) is 0.695. The fourth-order valence-electron chi connectivity index (χ4n) is 3.19. The molecule has 2 fully saturated rings. The van der Waals surface area contributed by atoms with Gasteiger partial charge < -0.3 is 10.1 Å². The predicted molar refractivity (Wildman–Crippen MR) is 75.0 cm³/mol. The SMILES string of the molecule is c1cn(C2CCCCC2)nc1COCC1CCNC1. The van der Waals surface area contributed by atoms with Crippen molar-refractivity contribution in [2.75, 3.05) is 19.7 Å². The molecule has 0 spiro atoms. The number of nitrogens with zero attached hydrogens (tertiary/aromatic N) is 2. The minimum atomic E-state index is 0.626. The Bertz CT molecular complexity index is 378. The van der Waals surface area contributed by atoms with Crippen molar-refractivity contribution in [1.29, 1.82) is 0 Å². The van der Waals surface area contributed by atoms with E-state index in [1.54, 1.807) is 0 Å². The van der Waals surface area contributed by atoms with Crippen molar-refractivity contribution in [3.8, 4) is 0 Å². The molecule has 1 aliphatic heterocycles. The maximum atomic E-state index is 5.79. The van der Waals surface area contributed by atoms with Crippen LogP contribution in [0.3, 0.4) is 0 Å². The number of aromatic nitrogens is 2. The van der Waals surface area contributed by atoms with Crippen molar-refractivity contribution in [3.05, 3.63) is 18.0 Å². The van der Waals surface area contributed by atoms with Crippen LogP contribution in [0.1, 0.15) is 50.3 Å². The van der Waals surface area contributed by atoms with Crippen LogP contribution in [0.25, 0.3) is 0 Å². The van der Waals surface area contributed by atoms with Crippen LogP contribution in [0.5, 0.6) is 0 Å². The first-order valence-corrected chi connectivity index (χ1v) is 7.74. The van der Waals surface area contributed by atoms with Gasteiger partial charge in [-0.3, -0.25) is 4.68 Å². The van der Waals surface area contributed by atoms with Crippen molar-refractivity contribution in [2.45, 2.75) is 51.2 Å². The van der Waals surface area contributed by atoms with Gasteiger partial charge in [-0.15, -0.1) is 0 Å². The van der Waals surface area contributed by atoms with Gasteiger partial charge in [0, 0.05) is 12.7 Å². The summed E-state index contributed by atoms with van der Waals surface area (Å²) in [5, 5.41) is 8.04. The molecule has 0 amide bonds. The van der Waals surface area contributed by atoms with Gasteiger partial charge >= 0.3 is 0 Å². The van der Waals surface area contributed by atoms with Crippen molar-refractivity contribution in [1.82, 2.24) is 15.1 Å². The normalized spacial score (nSPS) is 24.9. The Morgan fingerprint density at radius 2 is 2.16 bits per heavy atom. The highest BCUT2D eigenvalue weighted by atomic mass is 16.5. The Balaban J connectivity index is 1.44. The summed E-state index contributed by atoms with van der Waals surface area (Å²) in [7, 11) is 0. The number of ether oxygens (including phenoxy) is 1. The van der Waals surface area contributed by atoms with Crippen molar-refractivity contribution < 1.29 is 4.74 Å². The summed E-state index contributed by atoms with van der Waals surface area (Å²) in [5.41, 5.74) is 1.08. The molecule has 1 unspecified atom stereocenters. The smallest absolute Gasteiger partial charge is 0.0906 e.